The van der Waals surface area contributed by atoms with Gasteiger partial charge in [0.25, 0.3) is 0 Å². The Morgan fingerprint density at radius 2 is 2.05 bits per heavy atom. The van der Waals surface area contributed by atoms with Gasteiger partial charge in [-0.25, -0.2) is 14.8 Å². The van der Waals surface area contributed by atoms with Gasteiger partial charge in [0.2, 0.25) is 5.95 Å². The molecule has 0 saturated carbocycles. The molecule has 0 fully saturated rings. The Hall–Kier alpha value is -2.43. The van der Waals surface area contributed by atoms with E-state index < -0.39 is 5.97 Å². The number of aromatic carboxylic acids is 1. The number of benzene rings is 1. The number of nitrogens with zero attached hydrogens (tertiary/aromatic N) is 3. The molecular weight excluding hydrogens is 242 g/mol. The van der Waals surface area contributed by atoms with Gasteiger partial charge in [-0.15, -0.1) is 0 Å². The Morgan fingerprint density at radius 1 is 1.32 bits per heavy atom. The van der Waals surface area contributed by atoms with Gasteiger partial charge in [-0.3, -0.25) is 0 Å². The Labute approximate surface area is 111 Å². The normalized spacial score (nSPS) is 10.3. The predicted octanol–water partition coefficient (Wildman–Crippen LogP) is 2.56. The Morgan fingerprint density at radius 3 is 2.63 bits per heavy atom. The highest BCUT2D eigenvalue weighted by molar-refractivity contribution is 5.88. The van der Waals surface area contributed by atoms with Crippen molar-refractivity contribution in [2.75, 3.05) is 11.9 Å². The molecule has 1 N–H and O–H groups in total. The molecule has 0 amide bonds. The minimum Gasteiger partial charge on any atom is -0.478 e. The van der Waals surface area contributed by atoms with Crippen LogP contribution in [0.15, 0.2) is 30.5 Å². The third-order valence-electron chi connectivity index (χ3n) is 2.89. The number of anilines is 2. The SMILES string of the molecule is Cc1cccc(N(C)c2ncc(C(=O)O)c(C)n2)c1. The van der Waals surface area contributed by atoms with E-state index in [-0.39, 0.29) is 5.56 Å². The minimum atomic E-state index is -1.01. The van der Waals surface area contributed by atoms with Gasteiger partial charge in [0.15, 0.2) is 0 Å². The van der Waals surface area contributed by atoms with E-state index in [1.54, 1.807) is 6.92 Å². The average Bonchev–Trinajstić information content (AvgIpc) is 2.37. The topological polar surface area (TPSA) is 66.3 Å². The average molecular weight is 257 g/mol. The first kappa shape index (κ1) is 13.0. The lowest BCUT2D eigenvalue weighted by atomic mass is 10.2. The molecule has 0 atom stereocenters. The zero-order chi connectivity index (χ0) is 14.0. The fourth-order valence-electron chi connectivity index (χ4n) is 1.78. The van der Waals surface area contributed by atoms with Crippen molar-refractivity contribution in [2.24, 2.45) is 0 Å². The Bertz CT molecular complexity index is 626. The standard InChI is InChI=1S/C14H15N3O2/c1-9-5-4-6-11(7-9)17(3)14-15-8-12(13(18)19)10(2)16-14/h4-8H,1-3H3,(H,18,19). The lowest BCUT2D eigenvalue weighted by Crippen LogP contribution is -2.15. The van der Waals surface area contributed by atoms with Crippen LogP contribution < -0.4 is 4.90 Å². The van der Waals surface area contributed by atoms with Crippen molar-refractivity contribution in [2.45, 2.75) is 13.8 Å². The molecule has 0 saturated heterocycles. The predicted molar refractivity (Wildman–Crippen MR) is 73.0 cm³/mol. The molecule has 0 radical (unpaired) electrons. The fraction of sp³-hybridized carbons (Fsp3) is 0.214. The number of aryl methyl sites for hydroxylation is 2. The summed E-state index contributed by atoms with van der Waals surface area (Å²) >= 11 is 0. The van der Waals surface area contributed by atoms with Crippen LogP contribution in [0.25, 0.3) is 0 Å². The first-order valence-corrected chi connectivity index (χ1v) is 5.86. The molecule has 2 aromatic rings. The van der Waals surface area contributed by atoms with Crippen molar-refractivity contribution in [3.05, 3.63) is 47.3 Å². The van der Waals surface area contributed by atoms with E-state index in [0.717, 1.165) is 11.3 Å². The lowest BCUT2D eigenvalue weighted by molar-refractivity contribution is 0.0695. The molecule has 5 heteroatoms. The largest absolute Gasteiger partial charge is 0.478 e. The molecule has 1 aromatic carbocycles. The van der Waals surface area contributed by atoms with Crippen molar-refractivity contribution < 1.29 is 9.90 Å². The number of carbonyl (C=O) groups is 1. The van der Waals surface area contributed by atoms with E-state index in [2.05, 4.69) is 9.97 Å². The summed E-state index contributed by atoms with van der Waals surface area (Å²) in [6.07, 6.45) is 1.34. The number of aromatic nitrogens is 2. The van der Waals surface area contributed by atoms with Crippen LogP contribution in [0.4, 0.5) is 11.6 Å². The number of hydrogen-bond acceptors (Lipinski definition) is 4. The quantitative estimate of drug-likeness (QED) is 0.915. The Balaban J connectivity index is 2.37. The van der Waals surface area contributed by atoms with E-state index in [9.17, 15) is 4.79 Å². The fourth-order valence-corrected chi connectivity index (χ4v) is 1.78. The minimum absolute atomic E-state index is 0.126. The monoisotopic (exact) mass is 257 g/mol. The molecule has 19 heavy (non-hydrogen) atoms. The second-order valence-corrected chi connectivity index (χ2v) is 4.37. The van der Waals surface area contributed by atoms with Crippen LogP contribution in [0.5, 0.6) is 0 Å². The van der Waals surface area contributed by atoms with Crippen LogP contribution >= 0.6 is 0 Å². The van der Waals surface area contributed by atoms with Crippen LogP contribution in [0.2, 0.25) is 0 Å². The lowest BCUT2D eigenvalue weighted by Gasteiger charge is -2.18. The van der Waals surface area contributed by atoms with Crippen molar-refractivity contribution >= 4 is 17.6 Å². The maximum absolute atomic E-state index is 10.9. The number of carboxylic acids is 1. The Kier molecular flexibility index (Phi) is 3.46. The number of rotatable bonds is 3. The number of hydrogen-bond donors (Lipinski definition) is 1. The highest BCUT2D eigenvalue weighted by Crippen LogP contribution is 2.21. The van der Waals surface area contributed by atoms with Gasteiger partial charge >= 0.3 is 5.97 Å². The van der Waals surface area contributed by atoms with E-state index >= 15 is 0 Å². The molecule has 1 heterocycles. The number of carboxylic acid groups (broad SMARTS) is 1. The van der Waals surface area contributed by atoms with Crippen LogP contribution in [0, 0.1) is 13.8 Å². The van der Waals surface area contributed by atoms with Crippen molar-refractivity contribution in [1.29, 1.82) is 0 Å². The molecule has 5 nitrogen and oxygen atoms in total. The molecule has 0 unspecified atom stereocenters. The van der Waals surface area contributed by atoms with E-state index in [1.807, 2.05) is 43.1 Å². The molecule has 0 aliphatic heterocycles. The van der Waals surface area contributed by atoms with Gasteiger partial charge in [0.1, 0.15) is 0 Å². The zero-order valence-corrected chi connectivity index (χ0v) is 11.1. The molecule has 1 aromatic heterocycles. The van der Waals surface area contributed by atoms with Crippen LogP contribution in [-0.4, -0.2) is 28.1 Å². The van der Waals surface area contributed by atoms with Gasteiger partial charge < -0.3 is 10.0 Å². The highest BCUT2D eigenvalue weighted by atomic mass is 16.4. The summed E-state index contributed by atoms with van der Waals surface area (Å²) in [5, 5.41) is 8.95. The highest BCUT2D eigenvalue weighted by Gasteiger charge is 2.13. The van der Waals surface area contributed by atoms with Gasteiger partial charge in [-0.05, 0) is 31.5 Å². The van der Waals surface area contributed by atoms with E-state index in [0.29, 0.717) is 11.6 Å². The second-order valence-electron chi connectivity index (χ2n) is 4.37. The van der Waals surface area contributed by atoms with Crippen molar-refractivity contribution in [3.63, 3.8) is 0 Å². The summed E-state index contributed by atoms with van der Waals surface area (Å²) in [7, 11) is 1.85. The van der Waals surface area contributed by atoms with E-state index in [4.69, 9.17) is 5.11 Å². The summed E-state index contributed by atoms with van der Waals surface area (Å²) in [5.74, 6) is -0.532. The maximum atomic E-state index is 10.9. The molecule has 2 rings (SSSR count). The maximum Gasteiger partial charge on any atom is 0.339 e. The first-order valence-electron chi connectivity index (χ1n) is 5.86. The summed E-state index contributed by atoms with van der Waals surface area (Å²) in [6, 6.07) is 7.94. The van der Waals surface area contributed by atoms with Gasteiger partial charge in [-0.1, -0.05) is 12.1 Å². The van der Waals surface area contributed by atoms with E-state index in [1.165, 1.54) is 6.20 Å². The summed E-state index contributed by atoms with van der Waals surface area (Å²) < 4.78 is 0. The molecule has 98 valence electrons. The molecule has 0 bridgehead atoms. The van der Waals surface area contributed by atoms with Gasteiger partial charge in [0.05, 0.1) is 11.3 Å². The molecule has 0 spiro atoms. The van der Waals surface area contributed by atoms with Crippen molar-refractivity contribution in [1.82, 2.24) is 9.97 Å². The van der Waals surface area contributed by atoms with Crippen LogP contribution in [0.3, 0.4) is 0 Å². The molecule has 0 aliphatic carbocycles. The third-order valence-corrected chi connectivity index (χ3v) is 2.89. The molecule has 0 aliphatic rings. The second kappa shape index (κ2) is 5.06. The van der Waals surface area contributed by atoms with Crippen LogP contribution in [0.1, 0.15) is 21.6 Å². The van der Waals surface area contributed by atoms with Crippen LogP contribution in [-0.2, 0) is 0 Å². The summed E-state index contributed by atoms with van der Waals surface area (Å²) in [5.41, 5.74) is 2.68. The van der Waals surface area contributed by atoms with Gasteiger partial charge in [0, 0.05) is 18.9 Å². The smallest absolute Gasteiger partial charge is 0.339 e. The first-order chi connectivity index (χ1) is 8.99. The van der Waals surface area contributed by atoms with Crippen molar-refractivity contribution in [3.8, 4) is 0 Å². The summed E-state index contributed by atoms with van der Waals surface area (Å²) in [6.45, 7) is 3.68. The summed E-state index contributed by atoms with van der Waals surface area (Å²) in [4.78, 5) is 21.1. The van der Waals surface area contributed by atoms with Gasteiger partial charge in [-0.2, -0.15) is 0 Å². The third kappa shape index (κ3) is 2.70. The zero-order valence-electron chi connectivity index (χ0n) is 11.1. The molecular formula is C14H15N3O2.